The van der Waals surface area contributed by atoms with Gasteiger partial charge in [-0.3, -0.25) is 4.98 Å². The van der Waals surface area contributed by atoms with Crippen LogP contribution < -0.4 is 5.73 Å². The van der Waals surface area contributed by atoms with Gasteiger partial charge in [-0.05, 0) is 0 Å². The van der Waals surface area contributed by atoms with E-state index in [2.05, 4.69) is 9.97 Å². The molecule has 0 saturated carbocycles. The van der Waals surface area contributed by atoms with Gasteiger partial charge in [0.15, 0.2) is 5.15 Å². The lowest BCUT2D eigenvalue weighted by Crippen LogP contribution is -2.18. The van der Waals surface area contributed by atoms with Gasteiger partial charge in [0.05, 0.1) is 11.9 Å². The van der Waals surface area contributed by atoms with Crippen molar-refractivity contribution in [1.29, 1.82) is 0 Å². The van der Waals surface area contributed by atoms with Crippen LogP contribution in [0, 0.1) is 0 Å². The molecule has 0 aliphatic heterocycles. The Kier molecular flexibility index (Phi) is 3.07. The zero-order valence-electron chi connectivity index (χ0n) is 8.34. The third-order valence-corrected chi connectivity index (χ3v) is 2.17. The molecule has 0 bridgehead atoms. The van der Waals surface area contributed by atoms with E-state index < -0.39 is 0 Å². The summed E-state index contributed by atoms with van der Waals surface area (Å²) in [5.41, 5.74) is 6.49. The van der Waals surface area contributed by atoms with Crippen molar-refractivity contribution in [3.8, 4) is 0 Å². The largest absolute Gasteiger partial charge is 0.388 e. The molecular formula is C9H12ClN3S. The Bertz CT molecular complexity index is 371. The second-order valence-corrected chi connectivity index (χ2v) is 4.81. The maximum atomic E-state index is 5.97. The van der Waals surface area contributed by atoms with Gasteiger partial charge >= 0.3 is 0 Å². The minimum atomic E-state index is -0.126. The van der Waals surface area contributed by atoms with E-state index in [1.807, 2.05) is 20.8 Å². The van der Waals surface area contributed by atoms with Gasteiger partial charge in [0.1, 0.15) is 10.7 Å². The molecule has 0 aliphatic rings. The number of aromatic nitrogens is 2. The summed E-state index contributed by atoms with van der Waals surface area (Å²) >= 11 is 10.7. The molecule has 1 heterocycles. The molecule has 1 aromatic rings. The van der Waals surface area contributed by atoms with Gasteiger partial charge < -0.3 is 5.73 Å². The first-order valence-electron chi connectivity index (χ1n) is 4.15. The molecular weight excluding hydrogens is 218 g/mol. The summed E-state index contributed by atoms with van der Waals surface area (Å²) in [6.45, 7) is 6.05. The normalized spacial score (nSPS) is 11.4. The summed E-state index contributed by atoms with van der Waals surface area (Å²) in [5.74, 6) is 0. The van der Waals surface area contributed by atoms with E-state index in [0.717, 1.165) is 5.69 Å². The van der Waals surface area contributed by atoms with Gasteiger partial charge in [-0.2, -0.15) is 0 Å². The van der Waals surface area contributed by atoms with Crippen LogP contribution in [0.15, 0.2) is 6.20 Å². The Morgan fingerprint density at radius 1 is 1.50 bits per heavy atom. The summed E-state index contributed by atoms with van der Waals surface area (Å²) in [6.07, 6.45) is 1.55. The van der Waals surface area contributed by atoms with Gasteiger partial charge in [0.2, 0.25) is 0 Å². The maximum absolute atomic E-state index is 5.97. The Morgan fingerprint density at radius 3 is 2.43 bits per heavy atom. The standard InChI is InChI=1S/C9H12ClN3S/c1-9(2,3)6-7(10)13-5(4-12-6)8(11)14/h4H,1-3H3,(H2,11,14). The van der Waals surface area contributed by atoms with Gasteiger partial charge in [-0.25, -0.2) is 4.98 Å². The Labute approximate surface area is 93.7 Å². The molecule has 0 unspecified atom stereocenters. The van der Waals surface area contributed by atoms with Crippen molar-refractivity contribution in [1.82, 2.24) is 9.97 Å². The maximum Gasteiger partial charge on any atom is 0.151 e. The van der Waals surface area contributed by atoms with Crippen LogP contribution in [0.3, 0.4) is 0 Å². The monoisotopic (exact) mass is 229 g/mol. The van der Waals surface area contributed by atoms with Gasteiger partial charge in [0, 0.05) is 5.41 Å². The Hall–Kier alpha value is -0.740. The zero-order chi connectivity index (χ0) is 10.9. The van der Waals surface area contributed by atoms with Crippen molar-refractivity contribution in [3.05, 3.63) is 22.7 Å². The van der Waals surface area contributed by atoms with Crippen molar-refractivity contribution in [3.63, 3.8) is 0 Å². The van der Waals surface area contributed by atoms with Crippen LogP contribution in [0.1, 0.15) is 32.2 Å². The molecule has 5 heteroatoms. The van der Waals surface area contributed by atoms with Gasteiger partial charge in [0.25, 0.3) is 0 Å². The molecule has 0 amide bonds. The first kappa shape index (κ1) is 11.3. The van der Waals surface area contributed by atoms with Crippen molar-refractivity contribution in [2.45, 2.75) is 26.2 Å². The van der Waals surface area contributed by atoms with Crippen LogP contribution in [0.5, 0.6) is 0 Å². The molecule has 0 spiro atoms. The van der Waals surface area contributed by atoms with Gasteiger partial charge in [-0.1, -0.05) is 44.6 Å². The fraction of sp³-hybridized carbons (Fsp3) is 0.444. The number of hydrogen-bond donors (Lipinski definition) is 1. The summed E-state index contributed by atoms with van der Waals surface area (Å²) in [5, 5.41) is 0.364. The predicted octanol–water partition coefficient (Wildman–Crippen LogP) is 2.06. The van der Waals surface area contributed by atoms with Crippen LogP contribution in [0.4, 0.5) is 0 Å². The fourth-order valence-corrected chi connectivity index (χ4v) is 1.51. The van der Waals surface area contributed by atoms with E-state index in [1.165, 1.54) is 0 Å². The molecule has 2 N–H and O–H groups in total. The van der Waals surface area contributed by atoms with Crippen molar-refractivity contribution < 1.29 is 0 Å². The van der Waals surface area contributed by atoms with Crippen molar-refractivity contribution >= 4 is 28.8 Å². The lowest BCUT2D eigenvalue weighted by molar-refractivity contribution is 0.565. The van der Waals surface area contributed by atoms with E-state index in [4.69, 9.17) is 29.6 Å². The number of halogens is 1. The Morgan fingerprint density at radius 2 is 2.07 bits per heavy atom. The molecule has 3 nitrogen and oxygen atoms in total. The SMILES string of the molecule is CC(C)(C)c1ncc(C(N)=S)nc1Cl. The number of rotatable bonds is 1. The van der Waals surface area contributed by atoms with Crippen molar-refractivity contribution in [2.75, 3.05) is 0 Å². The number of thiocarbonyl (C=S) groups is 1. The smallest absolute Gasteiger partial charge is 0.151 e. The first-order valence-corrected chi connectivity index (χ1v) is 4.94. The first-order chi connectivity index (χ1) is 6.32. The summed E-state index contributed by atoms with van der Waals surface area (Å²) in [4.78, 5) is 8.49. The van der Waals surface area contributed by atoms with E-state index in [0.29, 0.717) is 10.8 Å². The minimum Gasteiger partial charge on any atom is -0.388 e. The van der Waals surface area contributed by atoms with Crippen LogP contribution >= 0.6 is 23.8 Å². The average molecular weight is 230 g/mol. The third kappa shape index (κ3) is 2.39. The highest BCUT2D eigenvalue weighted by Gasteiger charge is 2.20. The van der Waals surface area contributed by atoms with Crippen LogP contribution in [-0.2, 0) is 5.41 Å². The van der Waals surface area contributed by atoms with E-state index in [1.54, 1.807) is 6.20 Å². The molecule has 0 saturated heterocycles. The quantitative estimate of drug-likeness (QED) is 0.749. The Balaban J connectivity index is 3.21. The van der Waals surface area contributed by atoms with Crippen LogP contribution in [0.25, 0.3) is 0 Å². The molecule has 1 aromatic heterocycles. The lowest BCUT2D eigenvalue weighted by atomic mass is 9.92. The predicted molar refractivity (Wildman–Crippen MR) is 61.6 cm³/mol. The molecule has 14 heavy (non-hydrogen) atoms. The van der Waals surface area contributed by atoms with E-state index in [-0.39, 0.29) is 10.4 Å². The average Bonchev–Trinajstić information content (AvgIpc) is 2.01. The highest BCUT2D eigenvalue weighted by molar-refractivity contribution is 7.80. The lowest BCUT2D eigenvalue weighted by Gasteiger charge is -2.18. The molecule has 0 atom stereocenters. The molecule has 1 rings (SSSR count). The molecule has 0 radical (unpaired) electrons. The minimum absolute atomic E-state index is 0.126. The van der Waals surface area contributed by atoms with E-state index >= 15 is 0 Å². The molecule has 0 aliphatic carbocycles. The second-order valence-electron chi connectivity index (χ2n) is 4.01. The highest BCUT2D eigenvalue weighted by Crippen LogP contribution is 2.25. The van der Waals surface area contributed by atoms with Gasteiger partial charge in [-0.15, -0.1) is 0 Å². The van der Waals surface area contributed by atoms with E-state index in [9.17, 15) is 0 Å². The summed E-state index contributed by atoms with van der Waals surface area (Å²) in [6, 6.07) is 0. The second kappa shape index (κ2) is 3.79. The summed E-state index contributed by atoms with van der Waals surface area (Å²) < 4.78 is 0. The molecule has 0 aromatic carbocycles. The number of nitrogens with two attached hydrogens (primary N) is 1. The van der Waals surface area contributed by atoms with Crippen LogP contribution in [0.2, 0.25) is 5.15 Å². The van der Waals surface area contributed by atoms with Crippen molar-refractivity contribution in [2.24, 2.45) is 5.73 Å². The number of hydrogen-bond acceptors (Lipinski definition) is 3. The summed E-state index contributed by atoms with van der Waals surface area (Å²) in [7, 11) is 0. The number of nitrogens with zero attached hydrogens (tertiary/aromatic N) is 2. The highest BCUT2D eigenvalue weighted by atomic mass is 35.5. The molecule has 0 fully saturated rings. The zero-order valence-corrected chi connectivity index (χ0v) is 9.91. The third-order valence-electron chi connectivity index (χ3n) is 1.69. The fourth-order valence-electron chi connectivity index (χ4n) is 0.988. The topological polar surface area (TPSA) is 51.8 Å². The van der Waals surface area contributed by atoms with Crippen LogP contribution in [-0.4, -0.2) is 15.0 Å². The molecule has 76 valence electrons.